The van der Waals surface area contributed by atoms with Crippen LogP contribution in [0.1, 0.15) is 51.9 Å². The quantitative estimate of drug-likeness (QED) is 0.313. The highest BCUT2D eigenvalue weighted by Gasteiger charge is 2.57. The molecule has 0 aromatic rings. The molecule has 4 aliphatic rings. The van der Waals surface area contributed by atoms with Gasteiger partial charge in [-0.1, -0.05) is 4.58 Å². The van der Waals surface area contributed by atoms with Crippen molar-refractivity contribution in [1.29, 1.82) is 0 Å². The number of esters is 1. The van der Waals surface area contributed by atoms with Gasteiger partial charge in [-0.15, -0.1) is 6.42 Å². The standard InChI is InChI=1S/C17H21F6O6S2/c1-9(2-13(30(25,26)16(18,19)20)31(27,28)17(21,22)23)29-14(24)15-6-10-3-11(7-15)5-12(4-10)8-15/h9-12H,2-8H2,1H3/q-1. The molecule has 0 radical (unpaired) electrons. The first-order valence-electron chi connectivity index (χ1n) is 9.59. The molecule has 4 fully saturated rings. The van der Waals surface area contributed by atoms with Gasteiger partial charge in [0.1, 0.15) is 19.7 Å². The lowest BCUT2D eigenvalue weighted by molar-refractivity contribution is -0.176. The van der Waals surface area contributed by atoms with Crippen LogP contribution in [0.2, 0.25) is 0 Å². The molecule has 0 aromatic heterocycles. The van der Waals surface area contributed by atoms with Gasteiger partial charge < -0.3 is 4.74 Å². The molecular weight excluding hydrogens is 478 g/mol. The molecule has 0 spiro atoms. The summed E-state index contributed by atoms with van der Waals surface area (Å²) in [6, 6.07) is 0. The summed E-state index contributed by atoms with van der Waals surface area (Å²) in [5.74, 6) is 0.0274. The maximum absolute atomic E-state index is 12.9. The molecule has 0 aliphatic heterocycles. The van der Waals surface area contributed by atoms with Crippen molar-refractivity contribution in [3.63, 3.8) is 0 Å². The van der Waals surface area contributed by atoms with Crippen LogP contribution in [0.25, 0.3) is 0 Å². The van der Waals surface area contributed by atoms with E-state index in [2.05, 4.69) is 0 Å². The molecule has 1 unspecified atom stereocenters. The first-order chi connectivity index (χ1) is 13.9. The van der Waals surface area contributed by atoms with E-state index >= 15 is 0 Å². The zero-order chi connectivity index (χ0) is 23.6. The summed E-state index contributed by atoms with van der Waals surface area (Å²) in [5, 5.41) is 0. The third-order valence-electron chi connectivity index (χ3n) is 6.44. The number of hydrogen-bond acceptors (Lipinski definition) is 6. The predicted octanol–water partition coefficient (Wildman–Crippen LogP) is 3.88. The Morgan fingerprint density at radius 1 is 0.903 bits per heavy atom. The van der Waals surface area contributed by atoms with E-state index in [1.54, 1.807) is 0 Å². The van der Waals surface area contributed by atoms with Crippen LogP contribution in [0.15, 0.2) is 0 Å². The number of ether oxygens (including phenoxy) is 1. The lowest BCUT2D eigenvalue weighted by atomic mass is 9.49. The molecule has 4 bridgehead atoms. The van der Waals surface area contributed by atoms with Gasteiger partial charge in [-0.3, -0.25) is 21.6 Å². The van der Waals surface area contributed by atoms with Gasteiger partial charge in [-0.05, 0) is 63.2 Å². The lowest BCUT2D eigenvalue weighted by Gasteiger charge is -2.55. The van der Waals surface area contributed by atoms with Crippen molar-refractivity contribution in [2.75, 3.05) is 0 Å². The van der Waals surface area contributed by atoms with Crippen LogP contribution in [-0.4, -0.2) is 39.9 Å². The molecule has 1 atom stereocenters. The molecule has 0 amide bonds. The average molecular weight is 499 g/mol. The van der Waals surface area contributed by atoms with Gasteiger partial charge in [-0.2, -0.15) is 26.3 Å². The number of sulfone groups is 2. The van der Waals surface area contributed by atoms with Crippen LogP contribution in [0, 0.1) is 27.8 Å². The van der Waals surface area contributed by atoms with Gasteiger partial charge in [0.25, 0.3) is 0 Å². The fraction of sp³-hybridized carbons (Fsp3) is 0.882. The van der Waals surface area contributed by atoms with Crippen LogP contribution in [0.3, 0.4) is 0 Å². The first kappa shape index (κ1) is 24.6. The summed E-state index contributed by atoms with van der Waals surface area (Å²) in [7, 11) is -13.7. The smallest absolute Gasteiger partial charge is 0.465 e. The Balaban J connectivity index is 1.81. The Hall–Kier alpha value is -1.05. The van der Waals surface area contributed by atoms with Gasteiger partial charge in [0.05, 0.1) is 11.5 Å². The van der Waals surface area contributed by atoms with Crippen LogP contribution >= 0.6 is 0 Å². The van der Waals surface area contributed by atoms with Crippen LogP contribution in [-0.2, 0) is 29.2 Å². The Morgan fingerprint density at radius 3 is 1.58 bits per heavy atom. The van der Waals surface area contributed by atoms with E-state index in [0.29, 0.717) is 19.3 Å². The van der Waals surface area contributed by atoms with Crippen molar-refractivity contribution in [3.05, 3.63) is 4.58 Å². The topological polar surface area (TPSA) is 94.6 Å². The normalized spacial score (nSPS) is 32.3. The van der Waals surface area contributed by atoms with E-state index in [9.17, 15) is 48.0 Å². The highest BCUT2D eigenvalue weighted by molar-refractivity contribution is 8.13. The minimum Gasteiger partial charge on any atom is -0.465 e. The van der Waals surface area contributed by atoms with E-state index in [1.807, 2.05) is 0 Å². The number of hydrogen-bond donors (Lipinski definition) is 0. The highest BCUT2D eigenvalue weighted by Crippen LogP contribution is 2.60. The molecule has 4 rings (SSSR count). The summed E-state index contributed by atoms with van der Waals surface area (Å²) < 4.78 is 126. The van der Waals surface area contributed by atoms with E-state index in [-0.39, 0.29) is 17.8 Å². The Morgan fingerprint density at radius 2 is 1.26 bits per heavy atom. The van der Waals surface area contributed by atoms with E-state index in [0.717, 1.165) is 26.2 Å². The predicted molar refractivity (Wildman–Crippen MR) is 94.0 cm³/mol. The number of alkyl halides is 6. The highest BCUT2D eigenvalue weighted by atomic mass is 32.3. The zero-order valence-electron chi connectivity index (χ0n) is 16.3. The molecule has 31 heavy (non-hydrogen) atoms. The van der Waals surface area contributed by atoms with Crippen LogP contribution in [0.5, 0.6) is 0 Å². The number of carbonyl (C=O) groups is 1. The van der Waals surface area contributed by atoms with Crippen molar-refractivity contribution in [2.45, 2.75) is 69.0 Å². The minimum atomic E-state index is -6.84. The van der Waals surface area contributed by atoms with E-state index in [4.69, 9.17) is 4.74 Å². The molecule has 14 heteroatoms. The van der Waals surface area contributed by atoms with Gasteiger partial charge >= 0.3 is 17.0 Å². The molecule has 180 valence electrons. The number of carbonyl (C=O) groups excluding carboxylic acids is 1. The SMILES string of the molecule is CC(C[C-](S(=O)(=O)C(F)(F)F)S(=O)(=O)C(F)(F)F)OC(=O)C12CC3CC(CC(C3)C1)C2. The molecule has 4 aliphatic carbocycles. The second kappa shape index (κ2) is 7.49. The second-order valence-corrected chi connectivity index (χ2v) is 13.1. The largest absolute Gasteiger partial charge is 0.469 e. The third kappa shape index (κ3) is 4.30. The number of rotatable bonds is 6. The van der Waals surface area contributed by atoms with Crippen molar-refractivity contribution in [3.8, 4) is 0 Å². The molecule has 0 heterocycles. The Kier molecular flexibility index (Phi) is 5.94. The van der Waals surface area contributed by atoms with E-state index in [1.165, 1.54) is 0 Å². The monoisotopic (exact) mass is 499 g/mol. The third-order valence-corrected chi connectivity index (χ3v) is 10.5. The summed E-state index contributed by atoms with van der Waals surface area (Å²) in [4.78, 5) is 12.8. The summed E-state index contributed by atoms with van der Waals surface area (Å²) >= 11 is 0. The maximum Gasteiger partial charge on any atom is 0.469 e. The Labute approximate surface area is 175 Å². The Bertz CT molecular complexity index is 858. The lowest BCUT2D eigenvalue weighted by Crippen LogP contribution is -2.51. The molecule has 0 N–H and O–H groups in total. The second-order valence-electron chi connectivity index (χ2n) is 8.89. The van der Waals surface area contributed by atoms with Gasteiger partial charge in [-0.25, -0.2) is 0 Å². The number of halogens is 6. The van der Waals surface area contributed by atoms with Crippen molar-refractivity contribution >= 4 is 25.6 Å². The average Bonchev–Trinajstić information content (AvgIpc) is 2.56. The summed E-state index contributed by atoms with van der Waals surface area (Å²) in [5.41, 5.74) is -13.5. The summed E-state index contributed by atoms with van der Waals surface area (Å²) in [6.45, 7) is 0.871. The van der Waals surface area contributed by atoms with Gasteiger partial charge in [0.15, 0.2) is 0 Å². The molecule has 6 nitrogen and oxygen atoms in total. The molecule has 0 saturated heterocycles. The van der Waals surface area contributed by atoms with E-state index < -0.39 is 59.2 Å². The summed E-state index contributed by atoms with van der Waals surface area (Å²) in [6.07, 6.45) is 0.732. The molecule has 0 aromatic carbocycles. The zero-order valence-corrected chi connectivity index (χ0v) is 17.9. The van der Waals surface area contributed by atoms with Crippen molar-refractivity contribution in [1.82, 2.24) is 0 Å². The van der Waals surface area contributed by atoms with Crippen molar-refractivity contribution < 1.29 is 52.7 Å². The van der Waals surface area contributed by atoms with Crippen LogP contribution in [0.4, 0.5) is 26.3 Å². The van der Waals surface area contributed by atoms with Crippen molar-refractivity contribution in [2.24, 2.45) is 23.2 Å². The molecular formula is C17H21F6O6S2-. The maximum atomic E-state index is 12.9. The van der Waals surface area contributed by atoms with Crippen LogP contribution < -0.4 is 0 Å². The fourth-order valence-electron chi connectivity index (χ4n) is 5.57. The minimum absolute atomic E-state index is 0.285. The first-order valence-corrected chi connectivity index (χ1v) is 12.6. The fourth-order valence-corrected chi connectivity index (χ4v) is 8.71. The molecule has 4 saturated carbocycles. The van der Waals surface area contributed by atoms with Gasteiger partial charge in [0.2, 0.25) is 0 Å². The van der Waals surface area contributed by atoms with Gasteiger partial charge in [0, 0.05) is 0 Å².